The highest BCUT2D eigenvalue weighted by Gasteiger charge is 2.25. The molecule has 1 aromatic rings. The summed E-state index contributed by atoms with van der Waals surface area (Å²) in [5, 5.41) is 6.24. The van der Waals surface area contributed by atoms with Crippen LogP contribution in [0.15, 0.2) is 27.7 Å². The molecule has 27 heavy (non-hydrogen) atoms. The molecule has 1 saturated heterocycles. The summed E-state index contributed by atoms with van der Waals surface area (Å²) in [6.07, 6.45) is 2.89. The zero-order valence-corrected chi connectivity index (χ0v) is 19.2. The maximum atomic E-state index is 13.8. The molecule has 0 aromatic heterocycles. The Labute approximate surface area is 184 Å². The van der Waals surface area contributed by atoms with Crippen LogP contribution in [-0.4, -0.2) is 49.4 Å². The van der Waals surface area contributed by atoms with Crippen molar-refractivity contribution in [1.29, 1.82) is 0 Å². The molecular weight excluding hydrogens is 530 g/mol. The highest BCUT2D eigenvalue weighted by atomic mass is 127. The average molecular weight is 555 g/mol. The summed E-state index contributed by atoms with van der Waals surface area (Å²) in [7, 11) is 1.65. The first kappa shape index (κ1) is 23.8. The normalized spacial score (nSPS) is 14.8. The third-order valence-corrected chi connectivity index (χ3v) is 4.66. The summed E-state index contributed by atoms with van der Waals surface area (Å²) in [6, 6.07) is 5.07. The SMILES string of the molecule is CN=C(NCCCc1ccc(Br)cc1F)NCCN1C(=O)CCCC1=O.I. The van der Waals surface area contributed by atoms with Crippen molar-refractivity contribution in [3.63, 3.8) is 0 Å². The highest BCUT2D eigenvalue weighted by Crippen LogP contribution is 2.16. The van der Waals surface area contributed by atoms with E-state index in [2.05, 4.69) is 31.6 Å². The Kier molecular flexibility index (Phi) is 10.8. The third kappa shape index (κ3) is 7.73. The first-order valence-electron chi connectivity index (χ1n) is 8.73. The van der Waals surface area contributed by atoms with Crippen LogP contribution in [0.25, 0.3) is 0 Å². The Bertz CT molecular complexity index is 671. The van der Waals surface area contributed by atoms with Gasteiger partial charge in [-0.3, -0.25) is 19.5 Å². The van der Waals surface area contributed by atoms with Crippen molar-refractivity contribution in [3.05, 3.63) is 34.1 Å². The number of imide groups is 1. The van der Waals surface area contributed by atoms with E-state index in [1.165, 1.54) is 11.0 Å². The van der Waals surface area contributed by atoms with Crippen LogP contribution in [0.5, 0.6) is 0 Å². The van der Waals surface area contributed by atoms with Gasteiger partial charge >= 0.3 is 0 Å². The molecule has 0 radical (unpaired) electrons. The van der Waals surface area contributed by atoms with Crippen LogP contribution in [0.4, 0.5) is 4.39 Å². The number of piperidine rings is 1. The number of carbonyl (C=O) groups excluding carboxylic acids is 2. The summed E-state index contributed by atoms with van der Waals surface area (Å²) in [6.45, 7) is 1.41. The zero-order chi connectivity index (χ0) is 18.9. The van der Waals surface area contributed by atoms with Gasteiger partial charge in [0.15, 0.2) is 5.96 Å². The van der Waals surface area contributed by atoms with Crippen LogP contribution in [-0.2, 0) is 16.0 Å². The van der Waals surface area contributed by atoms with Crippen LogP contribution in [0, 0.1) is 5.82 Å². The largest absolute Gasteiger partial charge is 0.356 e. The fourth-order valence-corrected chi connectivity index (χ4v) is 3.10. The zero-order valence-electron chi connectivity index (χ0n) is 15.3. The number of hydrogen-bond acceptors (Lipinski definition) is 3. The lowest BCUT2D eigenvalue weighted by molar-refractivity contribution is -0.147. The second-order valence-corrected chi connectivity index (χ2v) is 6.97. The van der Waals surface area contributed by atoms with Crippen molar-refractivity contribution < 1.29 is 14.0 Å². The number of carbonyl (C=O) groups is 2. The summed E-state index contributed by atoms with van der Waals surface area (Å²) in [5.41, 5.74) is 0.681. The molecule has 0 atom stereocenters. The van der Waals surface area contributed by atoms with Gasteiger partial charge in [0.1, 0.15) is 5.82 Å². The number of benzene rings is 1. The summed E-state index contributed by atoms with van der Waals surface area (Å²) >= 11 is 3.24. The number of amides is 2. The molecule has 1 aliphatic rings. The van der Waals surface area contributed by atoms with E-state index in [4.69, 9.17) is 0 Å². The lowest BCUT2D eigenvalue weighted by Gasteiger charge is -2.25. The van der Waals surface area contributed by atoms with Crippen LogP contribution < -0.4 is 10.6 Å². The summed E-state index contributed by atoms with van der Waals surface area (Å²) in [4.78, 5) is 28.9. The molecule has 0 unspecified atom stereocenters. The molecule has 0 saturated carbocycles. The summed E-state index contributed by atoms with van der Waals surface area (Å²) < 4.78 is 14.5. The van der Waals surface area contributed by atoms with Gasteiger partial charge in [0.05, 0.1) is 0 Å². The molecule has 2 amide bonds. The molecule has 0 bridgehead atoms. The van der Waals surface area contributed by atoms with Crippen molar-refractivity contribution >= 4 is 57.7 Å². The predicted octanol–water partition coefficient (Wildman–Crippen LogP) is 2.84. The van der Waals surface area contributed by atoms with Gasteiger partial charge in [0, 0.05) is 44.0 Å². The van der Waals surface area contributed by atoms with Crippen molar-refractivity contribution in [2.45, 2.75) is 32.1 Å². The number of likely N-dealkylation sites (tertiary alicyclic amines) is 1. The average Bonchev–Trinajstić information content (AvgIpc) is 2.60. The molecule has 1 aromatic carbocycles. The van der Waals surface area contributed by atoms with Crippen LogP contribution >= 0.6 is 39.9 Å². The van der Waals surface area contributed by atoms with Gasteiger partial charge in [-0.2, -0.15) is 0 Å². The fraction of sp³-hybridized carbons (Fsp3) is 0.500. The molecule has 0 aliphatic carbocycles. The van der Waals surface area contributed by atoms with Crippen molar-refractivity contribution in [1.82, 2.24) is 15.5 Å². The first-order valence-corrected chi connectivity index (χ1v) is 9.52. The fourth-order valence-electron chi connectivity index (χ4n) is 2.77. The van der Waals surface area contributed by atoms with Gasteiger partial charge in [-0.15, -0.1) is 24.0 Å². The van der Waals surface area contributed by atoms with Gasteiger partial charge in [0.2, 0.25) is 11.8 Å². The lowest BCUT2D eigenvalue weighted by atomic mass is 10.1. The van der Waals surface area contributed by atoms with E-state index in [1.807, 2.05) is 6.07 Å². The number of nitrogens with one attached hydrogen (secondary N) is 2. The van der Waals surface area contributed by atoms with E-state index >= 15 is 0 Å². The van der Waals surface area contributed by atoms with Crippen molar-refractivity contribution in [2.75, 3.05) is 26.7 Å². The molecule has 1 heterocycles. The Morgan fingerprint density at radius 3 is 2.52 bits per heavy atom. The topological polar surface area (TPSA) is 73.8 Å². The Morgan fingerprint density at radius 2 is 1.89 bits per heavy atom. The van der Waals surface area contributed by atoms with Crippen LogP contribution in [0.3, 0.4) is 0 Å². The molecule has 2 N–H and O–H groups in total. The molecule has 1 fully saturated rings. The van der Waals surface area contributed by atoms with E-state index in [-0.39, 0.29) is 41.6 Å². The maximum absolute atomic E-state index is 13.8. The van der Waals surface area contributed by atoms with Crippen molar-refractivity contribution in [2.24, 2.45) is 4.99 Å². The van der Waals surface area contributed by atoms with Crippen LogP contribution in [0.2, 0.25) is 0 Å². The number of aryl methyl sites for hydroxylation is 1. The number of aliphatic imine (C=N–C) groups is 1. The van der Waals surface area contributed by atoms with E-state index in [0.717, 1.165) is 10.9 Å². The quantitative estimate of drug-likeness (QED) is 0.179. The number of guanidine groups is 1. The Morgan fingerprint density at radius 1 is 1.22 bits per heavy atom. The van der Waals surface area contributed by atoms with E-state index < -0.39 is 0 Å². The van der Waals surface area contributed by atoms with Gasteiger partial charge in [-0.1, -0.05) is 22.0 Å². The second-order valence-electron chi connectivity index (χ2n) is 6.06. The predicted molar refractivity (Wildman–Crippen MR) is 118 cm³/mol. The minimum absolute atomic E-state index is 0. The van der Waals surface area contributed by atoms with Gasteiger partial charge < -0.3 is 10.6 Å². The standard InChI is InChI=1S/C18H24BrFN4O2.HI/c1-21-18(23-10-11-24-16(25)5-2-6-17(24)26)22-9-3-4-13-7-8-14(19)12-15(13)20;/h7-8,12H,2-6,9-11H2,1H3,(H2,21,22,23);1H. The van der Waals surface area contributed by atoms with E-state index in [9.17, 15) is 14.0 Å². The summed E-state index contributed by atoms with van der Waals surface area (Å²) in [5.74, 6) is 0.168. The molecular formula is C18H25BrFIN4O2. The highest BCUT2D eigenvalue weighted by molar-refractivity contribution is 14.0. The third-order valence-electron chi connectivity index (χ3n) is 4.17. The van der Waals surface area contributed by atoms with Gasteiger partial charge in [-0.05, 0) is 37.0 Å². The molecule has 9 heteroatoms. The Balaban J connectivity index is 0.00000364. The van der Waals surface area contributed by atoms with E-state index in [1.54, 1.807) is 13.1 Å². The van der Waals surface area contributed by atoms with Crippen LogP contribution in [0.1, 0.15) is 31.2 Å². The smallest absolute Gasteiger partial charge is 0.229 e. The Hall–Kier alpha value is -1.23. The number of rotatable bonds is 7. The van der Waals surface area contributed by atoms with Gasteiger partial charge in [-0.25, -0.2) is 4.39 Å². The van der Waals surface area contributed by atoms with E-state index in [0.29, 0.717) is 56.8 Å². The molecule has 2 rings (SSSR count). The maximum Gasteiger partial charge on any atom is 0.229 e. The molecule has 6 nitrogen and oxygen atoms in total. The molecule has 1 aliphatic heterocycles. The second kappa shape index (κ2) is 12.3. The molecule has 0 spiro atoms. The number of halogens is 3. The van der Waals surface area contributed by atoms with Gasteiger partial charge in [0.25, 0.3) is 0 Å². The van der Waals surface area contributed by atoms with Crippen molar-refractivity contribution in [3.8, 4) is 0 Å². The minimum atomic E-state index is -0.210. The molecule has 150 valence electrons. The lowest BCUT2D eigenvalue weighted by Crippen LogP contribution is -2.46. The number of hydrogen-bond donors (Lipinski definition) is 2. The first-order chi connectivity index (χ1) is 12.5. The monoisotopic (exact) mass is 554 g/mol. The minimum Gasteiger partial charge on any atom is -0.356 e. The number of nitrogens with zero attached hydrogens (tertiary/aromatic N) is 2.